The maximum Gasteiger partial charge on any atom is 0.335 e. The van der Waals surface area contributed by atoms with Crippen molar-refractivity contribution in [3.05, 3.63) is 27.7 Å². The number of carboxylic acid groups (broad SMARTS) is 1. The molecule has 0 aliphatic carbocycles. The van der Waals surface area contributed by atoms with E-state index in [0.29, 0.717) is 18.7 Å². The standard InChI is InChI=1S/C11H9Cl2NO3/c12-7-4-6(11(16)17)5-8(13)10(7)14-3-1-2-9(14)15/h4-5H,1-3H2,(H,16,17). The number of hydrogen-bond acceptors (Lipinski definition) is 2. The Hall–Kier alpha value is -1.26. The fourth-order valence-corrected chi connectivity index (χ4v) is 2.52. The Labute approximate surface area is 108 Å². The van der Waals surface area contributed by atoms with Crippen LogP contribution in [0.15, 0.2) is 12.1 Å². The number of aromatic carboxylic acids is 1. The molecule has 2 rings (SSSR count). The topological polar surface area (TPSA) is 57.6 Å². The monoisotopic (exact) mass is 273 g/mol. The molecule has 1 saturated heterocycles. The van der Waals surface area contributed by atoms with E-state index >= 15 is 0 Å². The van der Waals surface area contributed by atoms with Crippen molar-refractivity contribution in [1.29, 1.82) is 0 Å². The van der Waals surface area contributed by atoms with Crippen LogP contribution in [0, 0.1) is 0 Å². The van der Waals surface area contributed by atoms with Crippen molar-refractivity contribution in [2.45, 2.75) is 12.8 Å². The molecule has 17 heavy (non-hydrogen) atoms. The second-order valence-electron chi connectivity index (χ2n) is 3.74. The summed E-state index contributed by atoms with van der Waals surface area (Å²) >= 11 is 12.0. The Kier molecular flexibility index (Phi) is 3.26. The molecule has 1 heterocycles. The Morgan fingerprint density at radius 1 is 1.29 bits per heavy atom. The molecule has 1 N–H and O–H groups in total. The Balaban J connectivity index is 2.48. The van der Waals surface area contributed by atoms with E-state index in [4.69, 9.17) is 28.3 Å². The fourth-order valence-electron chi connectivity index (χ4n) is 1.83. The number of nitrogens with zero attached hydrogens (tertiary/aromatic N) is 1. The lowest BCUT2D eigenvalue weighted by Gasteiger charge is -2.19. The molecule has 1 amide bonds. The predicted octanol–water partition coefficient (Wildman–Crippen LogP) is 2.82. The van der Waals surface area contributed by atoms with Gasteiger partial charge >= 0.3 is 5.97 Å². The Morgan fingerprint density at radius 2 is 1.88 bits per heavy atom. The fraction of sp³-hybridized carbons (Fsp3) is 0.273. The van der Waals surface area contributed by atoms with Gasteiger partial charge in [-0.05, 0) is 18.6 Å². The minimum absolute atomic E-state index is 0.00963. The van der Waals surface area contributed by atoms with Crippen molar-refractivity contribution in [2.75, 3.05) is 11.4 Å². The molecule has 0 saturated carbocycles. The Morgan fingerprint density at radius 3 is 2.29 bits per heavy atom. The second kappa shape index (κ2) is 4.55. The zero-order valence-corrected chi connectivity index (χ0v) is 10.3. The average Bonchev–Trinajstić information content (AvgIpc) is 2.64. The summed E-state index contributed by atoms with van der Waals surface area (Å²) in [6, 6.07) is 2.60. The van der Waals surface area contributed by atoms with Gasteiger partial charge in [0.25, 0.3) is 0 Å². The molecule has 1 aliphatic heterocycles. The van der Waals surface area contributed by atoms with E-state index in [2.05, 4.69) is 0 Å². The third-order valence-corrected chi connectivity index (χ3v) is 3.18. The summed E-state index contributed by atoms with van der Waals surface area (Å²) in [6.45, 7) is 0.560. The molecular weight excluding hydrogens is 265 g/mol. The van der Waals surface area contributed by atoms with Crippen LogP contribution in [-0.4, -0.2) is 23.5 Å². The molecule has 1 aliphatic rings. The number of carbonyl (C=O) groups excluding carboxylic acids is 1. The van der Waals surface area contributed by atoms with Gasteiger partial charge in [-0.25, -0.2) is 4.79 Å². The van der Waals surface area contributed by atoms with Gasteiger partial charge in [-0.1, -0.05) is 23.2 Å². The van der Waals surface area contributed by atoms with Crippen molar-refractivity contribution >= 4 is 40.8 Å². The highest BCUT2D eigenvalue weighted by molar-refractivity contribution is 6.40. The number of benzene rings is 1. The van der Waals surface area contributed by atoms with E-state index in [0.717, 1.165) is 6.42 Å². The summed E-state index contributed by atoms with van der Waals surface area (Å²) in [5.74, 6) is -1.15. The highest BCUT2D eigenvalue weighted by Gasteiger charge is 2.26. The first-order valence-corrected chi connectivity index (χ1v) is 5.79. The number of anilines is 1. The van der Waals surface area contributed by atoms with Crippen LogP contribution in [0.3, 0.4) is 0 Å². The van der Waals surface area contributed by atoms with Crippen molar-refractivity contribution in [1.82, 2.24) is 0 Å². The number of hydrogen-bond donors (Lipinski definition) is 1. The molecule has 4 nitrogen and oxygen atoms in total. The van der Waals surface area contributed by atoms with Gasteiger partial charge in [0.2, 0.25) is 5.91 Å². The molecule has 0 atom stereocenters. The number of amides is 1. The molecule has 6 heteroatoms. The smallest absolute Gasteiger partial charge is 0.335 e. The van der Waals surface area contributed by atoms with Gasteiger partial charge in [-0.15, -0.1) is 0 Å². The minimum Gasteiger partial charge on any atom is -0.478 e. The summed E-state index contributed by atoms with van der Waals surface area (Å²) in [5.41, 5.74) is 0.413. The first-order valence-electron chi connectivity index (χ1n) is 5.03. The molecule has 0 spiro atoms. The van der Waals surface area contributed by atoms with Gasteiger partial charge < -0.3 is 10.0 Å². The lowest BCUT2D eigenvalue weighted by Crippen LogP contribution is -2.24. The minimum atomic E-state index is -1.10. The highest BCUT2D eigenvalue weighted by atomic mass is 35.5. The van der Waals surface area contributed by atoms with Gasteiger partial charge in [-0.2, -0.15) is 0 Å². The quantitative estimate of drug-likeness (QED) is 0.902. The van der Waals surface area contributed by atoms with Gasteiger partial charge in [-0.3, -0.25) is 4.79 Å². The van der Waals surface area contributed by atoms with Crippen molar-refractivity contribution in [3.63, 3.8) is 0 Å². The molecule has 90 valence electrons. The van der Waals surface area contributed by atoms with Crippen LogP contribution in [0.5, 0.6) is 0 Å². The van der Waals surface area contributed by atoms with Crippen LogP contribution < -0.4 is 4.90 Å². The van der Waals surface area contributed by atoms with Gasteiger partial charge in [0.15, 0.2) is 0 Å². The van der Waals surface area contributed by atoms with Crippen LogP contribution >= 0.6 is 23.2 Å². The normalized spacial score (nSPS) is 15.4. The lowest BCUT2D eigenvalue weighted by molar-refractivity contribution is -0.117. The van der Waals surface area contributed by atoms with Crippen LogP contribution in [0.4, 0.5) is 5.69 Å². The van der Waals surface area contributed by atoms with Gasteiger partial charge in [0.1, 0.15) is 0 Å². The van der Waals surface area contributed by atoms with Crippen LogP contribution in [0.25, 0.3) is 0 Å². The maximum absolute atomic E-state index is 11.6. The SMILES string of the molecule is O=C(O)c1cc(Cl)c(N2CCCC2=O)c(Cl)c1. The summed E-state index contributed by atoms with van der Waals surface area (Å²) in [5, 5.41) is 9.21. The van der Waals surface area contributed by atoms with Crippen LogP contribution in [0.2, 0.25) is 10.0 Å². The first kappa shape index (κ1) is 12.2. The molecule has 1 fully saturated rings. The van der Waals surface area contributed by atoms with Crippen molar-refractivity contribution < 1.29 is 14.7 Å². The number of carboxylic acids is 1. The lowest BCUT2D eigenvalue weighted by atomic mass is 10.2. The first-order chi connectivity index (χ1) is 8.00. The van der Waals surface area contributed by atoms with E-state index < -0.39 is 5.97 Å². The van der Waals surface area contributed by atoms with Crippen molar-refractivity contribution in [3.8, 4) is 0 Å². The Bertz CT molecular complexity index is 478. The summed E-state index contributed by atoms with van der Waals surface area (Å²) in [7, 11) is 0. The molecule has 0 radical (unpaired) electrons. The molecule has 1 aromatic rings. The summed E-state index contributed by atoms with van der Waals surface area (Å²) in [4.78, 5) is 23.9. The van der Waals surface area contributed by atoms with E-state index in [1.54, 1.807) is 0 Å². The van der Waals surface area contributed by atoms with E-state index in [-0.39, 0.29) is 21.5 Å². The maximum atomic E-state index is 11.6. The molecule has 0 aromatic heterocycles. The van der Waals surface area contributed by atoms with E-state index in [1.807, 2.05) is 0 Å². The third-order valence-electron chi connectivity index (χ3n) is 2.61. The average molecular weight is 274 g/mol. The largest absolute Gasteiger partial charge is 0.478 e. The molecule has 0 unspecified atom stereocenters. The van der Waals surface area contributed by atoms with Crippen LogP contribution in [0.1, 0.15) is 23.2 Å². The van der Waals surface area contributed by atoms with Crippen LogP contribution in [-0.2, 0) is 4.79 Å². The predicted molar refractivity (Wildman–Crippen MR) is 65.0 cm³/mol. The number of halogens is 2. The van der Waals surface area contributed by atoms with E-state index in [1.165, 1.54) is 17.0 Å². The number of rotatable bonds is 2. The third kappa shape index (κ3) is 2.23. The molecular formula is C11H9Cl2NO3. The zero-order chi connectivity index (χ0) is 12.6. The second-order valence-corrected chi connectivity index (χ2v) is 4.56. The van der Waals surface area contributed by atoms with Crippen molar-refractivity contribution in [2.24, 2.45) is 0 Å². The molecule has 0 bridgehead atoms. The summed E-state index contributed by atoms with van der Waals surface area (Å²) < 4.78 is 0. The molecule has 1 aromatic carbocycles. The zero-order valence-electron chi connectivity index (χ0n) is 8.74. The number of carbonyl (C=O) groups is 2. The van der Waals surface area contributed by atoms with Gasteiger partial charge in [0, 0.05) is 13.0 Å². The highest BCUT2D eigenvalue weighted by Crippen LogP contribution is 2.37. The van der Waals surface area contributed by atoms with Gasteiger partial charge in [0.05, 0.1) is 21.3 Å². The van der Waals surface area contributed by atoms with E-state index in [9.17, 15) is 9.59 Å². The summed E-state index contributed by atoms with van der Waals surface area (Å²) in [6.07, 6.45) is 1.22.